The third kappa shape index (κ3) is 1.07. The van der Waals surface area contributed by atoms with Gasteiger partial charge >= 0.3 is 0 Å². The number of hydrogen-bond acceptors (Lipinski definition) is 2. The van der Waals surface area contributed by atoms with E-state index in [-0.39, 0.29) is 0 Å². The summed E-state index contributed by atoms with van der Waals surface area (Å²) in [5.74, 6) is 0. The largest absolute Gasteiger partial charge is 0.303 e. The zero-order chi connectivity index (χ0) is 9.42. The van der Waals surface area contributed by atoms with E-state index in [0.29, 0.717) is 5.56 Å². The third-order valence-corrected chi connectivity index (χ3v) is 2.10. The first-order valence-electron chi connectivity index (χ1n) is 4.07. The molecular weight excluding hydrogens is 162 g/mol. The normalized spacial score (nSPS) is 10.2. The Morgan fingerprint density at radius 1 is 1.46 bits per heavy atom. The van der Waals surface area contributed by atoms with E-state index in [2.05, 4.69) is 11.1 Å². The molecule has 0 aromatic carbocycles. The highest BCUT2D eigenvalue weighted by molar-refractivity contribution is 5.51. The van der Waals surface area contributed by atoms with Crippen LogP contribution in [0.15, 0.2) is 18.5 Å². The molecule has 2 heterocycles. The van der Waals surface area contributed by atoms with Crippen LogP contribution >= 0.6 is 0 Å². The molecule has 0 aliphatic rings. The maximum Gasteiger partial charge on any atom is 0.139 e. The van der Waals surface area contributed by atoms with E-state index in [1.165, 1.54) is 0 Å². The summed E-state index contributed by atoms with van der Waals surface area (Å²) in [5, 5.41) is 8.77. The summed E-state index contributed by atoms with van der Waals surface area (Å²) in [5.41, 5.74) is 3.69. The average Bonchev–Trinajstić information content (AvgIpc) is 2.48. The predicted octanol–water partition coefficient (Wildman–Crippen LogP) is 1.82. The fourth-order valence-corrected chi connectivity index (χ4v) is 1.44. The van der Waals surface area contributed by atoms with Crippen LogP contribution < -0.4 is 0 Å². The van der Waals surface area contributed by atoms with E-state index in [0.717, 1.165) is 16.9 Å². The van der Waals surface area contributed by atoms with E-state index in [9.17, 15) is 0 Å². The number of aromatic nitrogens is 2. The Balaban J connectivity index is 2.90. The van der Waals surface area contributed by atoms with Gasteiger partial charge in [-0.25, -0.2) is 4.98 Å². The van der Waals surface area contributed by atoms with Crippen molar-refractivity contribution >= 4 is 5.65 Å². The Labute approximate surface area is 76.3 Å². The molecule has 2 aromatic heterocycles. The number of nitriles is 1. The van der Waals surface area contributed by atoms with Gasteiger partial charge in [0.05, 0.1) is 5.56 Å². The molecule has 0 atom stereocenters. The Kier molecular flexibility index (Phi) is 1.56. The van der Waals surface area contributed by atoms with Gasteiger partial charge in [0.15, 0.2) is 0 Å². The van der Waals surface area contributed by atoms with Gasteiger partial charge in [0.2, 0.25) is 0 Å². The molecular formula is C10H9N3. The van der Waals surface area contributed by atoms with Crippen LogP contribution in [0.4, 0.5) is 0 Å². The average molecular weight is 171 g/mol. The van der Waals surface area contributed by atoms with Crippen LogP contribution in [0.1, 0.15) is 16.8 Å². The summed E-state index contributed by atoms with van der Waals surface area (Å²) in [6.45, 7) is 3.93. The molecule has 2 aromatic rings. The predicted molar refractivity (Wildman–Crippen MR) is 49.4 cm³/mol. The lowest BCUT2D eigenvalue weighted by Gasteiger charge is -1.99. The summed E-state index contributed by atoms with van der Waals surface area (Å²) in [4.78, 5) is 4.25. The summed E-state index contributed by atoms with van der Waals surface area (Å²) in [7, 11) is 0. The molecule has 2 rings (SSSR count). The molecule has 0 fully saturated rings. The van der Waals surface area contributed by atoms with Crippen LogP contribution in [0.2, 0.25) is 0 Å². The standard InChI is InChI=1S/C10H9N3/c1-7-3-9(4-11)6-13-8(2)5-12-10(7)13/h3,5-6H,1-2H3. The third-order valence-electron chi connectivity index (χ3n) is 2.10. The fourth-order valence-electron chi connectivity index (χ4n) is 1.44. The lowest BCUT2D eigenvalue weighted by molar-refractivity contribution is 1.09. The monoisotopic (exact) mass is 171 g/mol. The van der Waals surface area contributed by atoms with Crippen LogP contribution in [0.5, 0.6) is 0 Å². The highest BCUT2D eigenvalue weighted by Crippen LogP contribution is 2.12. The first-order valence-corrected chi connectivity index (χ1v) is 4.07. The molecule has 0 amide bonds. The van der Waals surface area contributed by atoms with Crippen molar-refractivity contribution in [1.82, 2.24) is 9.38 Å². The van der Waals surface area contributed by atoms with Gasteiger partial charge in [-0.1, -0.05) is 0 Å². The zero-order valence-electron chi connectivity index (χ0n) is 7.57. The van der Waals surface area contributed by atoms with Crippen molar-refractivity contribution in [3.8, 4) is 6.07 Å². The number of fused-ring (bicyclic) bond motifs is 1. The number of hydrogen-bond donors (Lipinski definition) is 0. The minimum atomic E-state index is 0.672. The van der Waals surface area contributed by atoms with Gasteiger partial charge in [-0.05, 0) is 25.5 Å². The highest BCUT2D eigenvalue weighted by Gasteiger charge is 2.03. The SMILES string of the molecule is Cc1cc(C#N)cn2c(C)cnc12. The Morgan fingerprint density at radius 3 is 2.92 bits per heavy atom. The smallest absolute Gasteiger partial charge is 0.139 e. The highest BCUT2D eigenvalue weighted by atomic mass is 15.0. The molecule has 0 aliphatic carbocycles. The lowest BCUT2D eigenvalue weighted by Crippen LogP contribution is -1.91. The maximum atomic E-state index is 8.77. The molecule has 0 saturated carbocycles. The van der Waals surface area contributed by atoms with Gasteiger partial charge in [-0.2, -0.15) is 5.26 Å². The number of pyridine rings is 1. The first kappa shape index (κ1) is 7.81. The van der Waals surface area contributed by atoms with Gasteiger partial charge in [0.1, 0.15) is 11.7 Å². The van der Waals surface area contributed by atoms with Crippen molar-refractivity contribution < 1.29 is 0 Å². The van der Waals surface area contributed by atoms with Crippen molar-refractivity contribution in [2.75, 3.05) is 0 Å². The molecule has 0 aliphatic heterocycles. The zero-order valence-corrected chi connectivity index (χ0v) is 7.57. The van der Waals surface area contributed by atoms with Crippen molar-refractivity contribution in [2.24, 2.45) is 0 Å². The minimum absolute atomic E-state index is 0.672. The number of aryl methyl sites for hydroxylation is 2. The van der Waals surface area contributed by atoms with E-state index in [1.807, 2.05) is 36.7 Å². The van der Waals surface area contributed by atoms with E-state index in [1.54, 1.807) is 0 Å². The van der Waals surface area contributed by atoms with Gasteiger partial charge in [-0.15, -0.1) is 0 Å². The molecule has 3 heteroatoms. The van der Waals surface area contributed by atoms with Gasteiger partial charge < -0.3 is 4.40 Å². The van der Waals surface area contributed by atoms with Crippen LogP contribution in [-0.4, -0.2) is 9.38 Å². The van der Waals surface area contributed by atoms with E-state index in [4.69, 9.17) is 5.26 Å². The quantitative estimate of drug-likeness (QED) is 0.606. The summed E-state index contributed by atoms with van der Waals surface area (Å²) < 4.78 is 1.94. The van der Waals surface area contributed by atoms with Crippen LogP contribution in [-0.2, 0) is 0 Å². The Bertz CT molecular complexity index is 503. The van der Waals surface area contributed by atoms with Crippen molar-refractivity contribution in [3.63, 3.8) is 0 Å². The second-order valence-electron chi connectivity index (χ2n) is 3.12. The van der Waals surface area contributed by atoms with Crippen LogP contribution in [0.3, 0.4) is 0 Å². The Morgan fingerprint density at radius 2 is 2.23 bits per heavy atom. The number of imidazole rings is 1. The molecule has 0 saturated heterocycles. The van der Waals surface area contributed by atoms with Gasteiger partial charge in [0, 0.05) is 18.1 Å². The topological polar surface area (TPSA) is 41.1 Å². The molecule has 0 radical (unpaired) electrons. The van der Waals surface area contributed by atoms with Crippen molar-refractivity contribution in [1.29, 1.82) is 5.26 Å². The second-order valence-corrected chi connectivity index (χ2v) is 3.12. The Hall–Kier alpha value is -1.82. The van der Waals surface area contributed by atoms with Crippen molar-refractivity contribution in [2.45, 2.75) is 13.8 Å². The fraction of sp³-hybridized carbons (Fsp3) is 0.200. The van der Waals surface area contributed by atoms with Gasteiger partial charge in [-0.3, -0.25) is 0 Å². The molecule has 0 spiro atoms. The summed E-state index contributed by atoms with van der Waals surface area (Å²) in [6, 6.07) is 3.98. The maximum absolute atomic E-state index is 8.77. The summed E-state index contributed by atoms with van der Waals surface area (Å²) >= 11 is 0. The molecule has 0 N–H and O–H groups in total. The number of rotatable bonds is 0. The van der Waals surface area contributed by atoms with Crippen LogP contribution in [0.25, 0.3) is 5.65 Å². The molecule has 3 nitrogen and oxygen atoms in total. The van der Waals surface area contributed by atoms with E-state index >= 15 is 0 Å². The lowest BCUT2D eigenvalue weighted by atomic mass is 10.2. The molecule has 0 unspecified atom stereocenters. The second kappa shape index (κ2) is 2.60. The van der Waals surface area contributed by atoms with Crippen molar-refractivity contribution in [3.05, 3.63) is 35.3 Å². The minimum Gasteiger partial charge on any atom is -0.303 e. The molecule has 64 valence electrons. The summed E-state index contributed by atoms with van der Waals surface area (Å²) in [6.07, 6.45) is 3.62. The van der Waals surface area contributed by atoms with Gasteiger partial charge in [0.25, 0.3) is 0 Å². The van der Waals surface area contributed by atoms with Crippen LogP contribution in [0, 0.1) is 25.2 Å². The number of nitrogens with zero attached hydrogens (tertiary/aromatic N) is 3. The first-order chi connectivity index (χ1) is 6.22. The van der Waals surface area contributed by atoms with E-state index < -0.39 is 0 Å². The molecule has 0 bridgehead atoms. The molecule has 13 heavy (non-hydrogen) atoms.